The second kappa shape index (κ2) is 6.33. The van der Waals surface area contributed by atoms with Crippen LogP contribution in [0.3, 0.4) is 0 Å². The van der Waals surface area contributed by atoms with Gasteiger partial charge in [-0.3, -0.25) is 5.10 Å². The van der Waals surface area contributed by atoms with Crippen molar-refractivity contribution in [3.8, 4) is 17.0 Å². The van der Waals surface area contributed by atoms with Gasteiger partial charge in [-0.2, -0.15) is 5.10 Å². The highest BCUT2D eigenvalue weighted by atomic mass is 19.1. The van der Waals surface area contributed by atoms with Crippen molar-refractivity contribution in [3.05, 3.63) is 35.8 Å². The fraction of sp³-hybridized carbons (Fsp3) is 0.357. The van der Waals surface area contributed by atoms with Gasteiger partial charge in [0.05, 0.1) is 24.6 Å². The number of methoxy groups -OCH3 is 1. The Morgan fingerprint density at radius 1 is 1.42 bits per heavy atom. The molecule has 2 rings (SSSR count). The lowest BCUT2D eigenvalue weighted by atomic mass is 10.1. The predicted molar refractivity (Wildman–Crippen MR) is 72.5 cm³/mol. The number of halogens is 1. The van der Waals surface area contributed by atoms with Crippen LogP contribution in [0.1, 0.15) is 18.9 Å². The van der Waals surface area contributed by atoms with E-state index in [1.165, 1.54) is 13.2 Å². The summed E-state index contributed by atoms with van der Waals surface area (Å²) in [5.41, 5.74) is 2.02. The molecule has 4 nitrogen and oxygen atoms in total. The number of hydrogen-bond donors (Lipinski definition) is 2. The maximum absolute atomic E-state index is 14.0. The summed E-state index contributed by atoms with van der Waals surface area (Å²) in [6.45, 7) is 3.67. The van der Waals surface area contributed by atoms with Crippen LogP contribution in [0.25, 0.3) is 11.3 Å². The first-order valence-electron chi connectivity index (χ1n) is 6.33. The summed E-state index contributed by atoms with van der Waals surface area (Å²) in [5, 5.41) is 10.1. The van der Waals surface area contributed by atoms with Gasteiger partial charge in [0.2, 0.25) is 0 Å². The number of aromatic amines is 1. The average Bonchev–Trinajstić information content (AvgIpc) is 2.87. The zero-order valence-corrected chi connectivity index (χ0v) is 11.2. The summed E-state index contributed by atoms with van der Waals surface area (Å²) in [7, 11) is 1.53. The van der Waals surface area contributed by atoms with E-state index < -0.39 is 0 Å². The monoisotopic (exact) mass is 263 g/mol. The molecule has 0 amide bonds. The molecule has 0 fully saturated rings. The van der Waals surface area contributed by atoms with E-state index >= 15 is 0 Å². The molecule has 0 aliphatic heterocycles. The highest BCUT2D eigenvalue weighted by Gasteiger charge is 2.16. The van der Waals surface area contributed by atoms with Crippen LogP contribution in [0.4, 0.5) is 4.39 Å². The number of nitrogens with one attached hydrogen (secondary N) is 2. The van der Waals surface area contributed by atoms with E-state index in [-0.39, 0.29) is 5.82 Å². The molecule has 2 aromatic rings. The topological polar surface area (TPSA) is 49.9 Å². The van der Waals surface area contributed by atoms with E-state index in [1.54, 1.807) is 18.3 Å². The molecule has 0 unspecified atom stereocenters. The summed E-state index contributed by atoms with van der Waals surface area (Å²) in [5.74, 6) is 0.182. The largest absolute Gasteiger partial charge is 0.496 e. The summed E-state index contributed by atoms with van der Waals surface area (Å²) in [4.78, 5) is 0. The normalized spacial score (nSPS) is 10.7. The molecule has 0 atom stereocenters. The fourth-order valence-corrected chi connectivity index (χ4v) is 1.98. The van der Waals surface area contributed by atoms with Gasteiger partial charge in [-0.15, -0.1) is 0 Å². The molecule has 0 bridgehead atoms. The van der Waals surface area contributed by atoms with Crippen molar-refractivity contribution < 1.29 is 9.13 Å². The van der Waals surface area contributed by atoms with Crippen molar-refractivity contribution in [3.63, 3.8) is 0 Å². The molecule has 19 heavy (non-hydrogen) atoms. The Kier molecular flexibility index (Phi) is 4.52. The zero-order chi connectivity index (χ0) is 13.7. The fourth-order valence-electron chi connectivity index (χ4n) is 1.98. The van der Waals surface area contributed by atoms with Crippen LogP contribution in [-0.4, -0.2) is 23.9 Å². The van der Waals surface area contributed by atoms with Crippen molar-refractivity contribution in [2.45, 2.75) is 19.9 Å². The highest BCUT2D eigenvalue weighted by molar-refractivity contribution is 5.70. The lowest BCUT2D eigenvalue weighted by Gasteiger charge is -2.10. The highest BCUT2D eigenvalue weighted by Crippen LogP contribution is 2.33. The van der Waals surface area contributed by atoms with Crippen molar-refractivity contribution in [1.29, 1.82) is 0 Å². The van der Waals surface area contributed by atoms with E-state index in [0.29, 0.717) is 23.6 Å². The summed E-state index contributed by atoms with van der Waals surface area (Å²) in [6, 6.07) is 4.79. The van der Waals surface area contributed by atoms with Crippen molar-refractivity contribution >= 4 is 0 Å². The Bertz CT molecular complexity index is 539. The molecular formula is C14H18FN3O. The Morgan fingerprint density at radius 3 is 3.00 bits per heavy atom. The number of aromatic nitrogens is 2. The average molecular weight is 263 g/mol. The second-order valence-corrected chi connectivity index (χ2v) is 4.26. The van der Waals surface area contributed by atoms with Gasteiger partial charge in [0.1, 0.15) is 11.6 Å². The van der Waals surface area contributed by atoms with E-state index in [0.717, 1.165) is 18.5 Å². The Balaban J connectivity index is 2.34. The lowest BCUT2D eigenvalue weighted by Crippen LogP contribution is -2.14. The standard InChI is InChI=1S/C14H18FN3O/c1-3-7-16-8-10-9-17-18-14(10)13-11(15)5-4-6-12(13)19-2/h4-6,9,16H,3,7-8H2,1-2H3,(H,17,18). The minimum absolute atomic E-state index is 0.319. The number of rotatable bonds is 6. The molecule has 0 spiro atoms. The van der Waals surface area contributed by atoms with E-state index in [2.05, 4.69) is 22.4 Å². The van der Waals surface area contributed by atoms with Crippen molar-refractivity contribution in [2.24, 2.45) is 0 Å². The summed E-state index contributed by atoms with van der Waals surface area (Å²) in [6.07, 6.45) is 2.76. The smallest absolute Gasteiger partial charge is 0.136 e. The quantitative estimate of drug-likeness (QED) is 0.788. The van der Waals surface area contributed by atoms with Gasteiger partial charge in [0.25, 0.3) is 0 Å². The third-order valence-corrected chi connectivity index (χ3v) is 2.91. The minimum Gasteiger partial charge on any atom is -0.496 e. The van der Waals surface area contributed by atoms with Gasteiger partial charge in [-0.05, 0) is 25.1 Å². The third kappa shape index (κ3) is 2.93. The van der Waals surface area contributed by atoms with Crippen LogP contribution in [0.5, 0.6) is 5.75 Å². The van der Waals surface area contributed by atoms with Crippen molar-refractivity contribution in [1.82, 2.24) is 15.5 Å². The Morgan fingerprint density at radius 2 is 2.26 bits per heavy atom. The molecule has 1 heterocycles. The van der Waals surface area contributed by atoms with Crippen LogP contribution >= 0.6 is 0 Å². The number of H-pyrrole nitrogens is 1. The van der Waals surface area contributed by atoms with Gasteiger partial charge in [-0.1, -0.05) is 13.0 Å². The second-order valence-electron chi connectivity index (χ2n) is 4.26. The first kappa shape index (κ1) is 13.5. The number of hydrogen-bond acceptors (Lipinski definition) is 3. The van der Waals surface area contributed by atoms with Crippen molar-refractivity contribution in [2.75, 3.05) is 13.7 Å². The van der Waals surface area contributed by atoms with Gasteiger partial charge >= 0.3 is 0 Å². The lowest BCUT2D eigenvalue weighted by molar-refractivity contribution is 0.413. The molecule has 1 aromatic heterocycles. The molecule has 1 aromatic carbocycles. The number of nitrogens with zero attached hydrogens (tertiary/aromatic N) is 1. The molecule has 0 aliphatic carbocycles. The SMILES string of the molecule is CCCNCc1cn[nH]c1-c1c(F)cccc1OC. The molecule has 0 radical (unpaired) electrons. The molecule has 102 valence electrons. The molecule has 0 saturated carbocycles. The maximum Gasteiger partial charge on any atom is 0.136 e. The van der Waals surface area contributed by atoms with E-state index in [4.69, 9.17) is 4.74 Å². The van der Waals surface area contributed by atoms with Crippen LogP contribution in [0.15, 0.2) is 24.4 Å². The van der Waals surface area contributed by atoms with Gasteiger partial charge in [0.15, 0.2) is 0 Å². The van der Waals surface area contributed by atoms with Crippen LogP contribution in [-0.2, 0) is 6.54 Å². The maximum atomic E-state index is 14.0. The number of benzene rings is 1. The van der Waals surface area contributed by atoms with E-state index in [1.807, 2.05) is 0 Å². The van der Waals surface area contributed by atoms with Gasteiger partial charge < -0.3 is 10.1 Å². The van der Waals surface area contributed by atoms with Gasteiger partial charge in [-0.25, -0.2) is 4.39 Å². The predicted octanol–water partition coefficient (Wildman–Crippen LogP) is 2.72. The Labute approximate surface area is 112 Å². The number of ether oxygens (including phenoxy) is 1. The summed E-state index contributed by atoms with van der Waals surface area (Å²) >= 11 is 0. The Hall–Kier alpha value is -1.88. The minimum atomic E-state index is -0.319. The molecule has 0 aliphatic rings. The van der Waals surface area contributed by atoms with Crippen LogP contribution in [0, 0.1) is 5.82 Å². The van der Waals surface area contributed by atoms with Crippen LogP contribution in [0.2, 0.25) is 0 Å². The van der Waals surface area contributed by atoms with Gasteiger partial charge in [0, 0.05) is 12.1 Å². The molecular weight excluding hydrogens is 245 g/mol. The molecule has 0 saturated heterocycles. The first-order valence-corrected chi connectivity index (χ1v) is 6.33. The third-order valence-electron chi connectivity index (χ3n) is 2.91. The molecule has 5 heteroatoms. The summed E-state index contributed by atoms with van der Waals surface area (Å²) < 4.78 is 19.2. The zero-order valence-electron chi connectivity index (χ0n) is 11.2. The van der Waals surface area contributed by atoms with Crippen LogP contribution < -0.4 is 10.1 Å². The first-order chi connectivity index (χ1) is 9.27. The molecule has 2 N–H and O–H groups in total. The van der Waals surface area contributed by atoms with E-state index in [9.17, 15) is 4.39 Å².